The van der Waals surface area contributed by atoms with Crippen molar-refractivity contribution in [2.75, 3.05) is 22.6 Å². The number of halogens is 1. The zero-order chi connectivity index (χ0) is 23.3. The largest absolute Gasteiger partial charge is 0.497 e. The monoisotopic (exact) mass is 455 g/mol. The number of amides is 2. The van der Waals surface area contributed by atoms with Gasteiger partial charge < -0.3 is 20.5 Å². The van der Waals surface area contributed by atoms with Crippen LogP contribution < -0.4 is 20.3 Å². The first-order chi connectivity index (χ1) is 15.2. The zero-order valence-corrected chi connectivity index (χ0v) is 19.1. The van der Waals surface area contributed by atoms with Crippen molar-refractivity contribution in [3.63, 3.8) is 0 Å². The summed E-state index contributed by atoms with van der Waals surface area (Å²) in [7, 11) is 1.57. The van der Waals surface area contributed by atoms with Crippen molar-refractivity contribution in [1.82, 2.24) is 9.97 Å². The molecule has 1 heterocycles. The number of hydrogen-bond donors (Lipinski definition) is 3. The van der Waals surface area contributed by atoms with Crippen molar-refractivity contribution in [3.05, 3.63) is 65.8 Å². The van der Waals surface area contributed by atoms with Crippen LogP contribution in [0.25, 0.3) is 0 Å². The normalized spacial score (nSPS) is 12.1. The molecule has 0 saturated heterocycles. The minimum Gasteiger partial charge on any atom is -0.497 e. The molecule has 3 N–H and O–H groups in total. The zero-order valence-electron chi connectivity index (χ0n) is 18.3. The van der Waals surface area contributed by atoms with Gasteiger partial charge in [0.05, 0.1) is 35.2 Å². The van der Waals surface area contributed by atoms with Crippen LogP contribution in [0, 0.1) is 0 Å². The second-order valence-corrected chi connectivity index (χ2v) is 8.11. The van der Waals surface area contributed by atoms with Gasteiger partial charge in [-0.1, -0.05) is 23.7 Å². The van der Waals surface area contributed by atoms with E-state index in [4.69, 9.17) is 16.3 Å². The van der Waals surface area contributed by atoms with Crippen LogP contribution >= 0.6 is 11.6 Å². The predicted octanol–water partition coefficient (Wildman–Crippen LogP) is 5.08. The molecule has 0 spiro atoms. The Bertz CT molecular complexity index is 1070. The molecule has 1 aromatic heterocycles. The van der Waals surface area contributed by atoms with Crippen LogP contribution in [0.5, 0.6) is 5.75 Å². The Morgan fingerprint density at radius 3 is 2.47 bits per heavy atom. The van der Waals surface area contributed by atoms with Crippen molar-refractivity contribution in [2.45, 2.75) is 32.4 Å². The quantitative estimate of drug-likeness (QED) is 0.459. The summed E-state index contributed by atoms with van der Waals surface area (Å²) in [6.07, 6.45) is 1.54. The maximum Gasteiger partial charge on any atom is 0.332 e. The van der Waals surface area contributed by atoms with Crippen molar-refractivity contribution < 1.29 is 14.6 Å². The standard InChI is InChI=1S/C23H26ClN5O3/c1-15(23(2,3)31)26-21-25-14-13-20(28-21)29(16-9-11-17(32-4)12-10-16)22(30)27-19-8-6-5-7-18(19)24/h5-15,31H,1-4H3,(H,27,30)(H,25,26,28)/t15-/m0/s1. The highest BCUT2D eigenvalue weighted by Crippen LogP contribution is 2.29. The van der Waals surface area contributed by atoms with Crippen molar-refractivity contribution in [1.29, 1.82) is 0 Å². The molecule has 0 aliphatic heterocycles. The third-order valence-corrected chi connectivity index (χ3v) is 5.25. The number of rotatable bonds is 7. The van der Waals surface area contributed by atoms with Crippen molar-refractivity contribution in [2.24, 2.45) is 0 Å². The lowest BCUT2D eigenvalue weighted by atomic mass is 10.0. The minimum atomic E-state index is -0.990. The van der Waals surface area contributed by atoms with Gasteiger partial charge in [-0.05, 0) is 57.2 Å². The number of para-hydroxylation sites is 1. The number of nitrogens with one attached hydrogen (secondary N) is 2. The average molecular weight is 456 g/mol. The van der Waals surface area contributed by atoms with E-state index in [9.17, 15) is 9.90 Å². The van der Waals surface area contributed by atoms with E-state index in [0.29, 0.717) is 28.0 Å². The molecule has 0 unspecified atom stereocenters. The molecular weight excluding hydrogens is 430 g/mol. The molecule has 32 heavy (non-hydrogen) atoms. The molecule has 0 aliphatic carbocycles. The van der Waals surface area contributed by atoms with Crippen LogP contribution in [0.15, 0.2) is 60.8 Å². The number of ether oxygens (including phenoxy) is 1. The molecular formula is C23H26ClN5O3. The molecule has 2 amide bonds. The molecule has 3 rings (SSSR count). The summed E-state index contributed by atoms with van der Waals surface area (Å²) in [5.74, 6) is 1.27. The van der Waals surface area contributed by atoms with Gasteiger partial charge >= 0.3 is 6.03 Å². The Kier molecular flexibility index (Phi) is 7.17. The lowest BCUT2D eigenvalue weighted by Crippen LogP contribution is -2.40. The first-order valence-electron chi connectivity index (χ1n) is 10.0. The number of methoxy groups -OCH3 is 1. The van der Waals surface area contributed by atoms with E-state index >= 15 is 0 Å². The smallest absolute Gasteiger partial charge is 0.332 e. The molecule has 0 radical (unpaired) electrons. The Hall–Kier alpha value is -3.36. The highest BCUT2D eigenvalue weighted by atomic mass is 35.5. The van der Waals surface area contributed by atoms with Gasteiger partial charge in [-0.15, -0.1) is 0 Å². The van der Waals surface area contributed by atoms with Crippen molar-refractivity contribution in [3.8, 4) is 5.75 Å². The Morgan fingerprint density at radius 1 is 1.16 bits per heavy atom. The van der Waals surface area contributed by atoms with Gasteiger partial charge in [0.15, 0.2) is 0 Å². The van der Waals surface area contributed by atoms with Crippen LogP contribution in [0.2, 0.25) is 5.02 Å². The Labute approximate surface area is 192 Å². The van der Waals surface area contributed by atoms with E-state index in [1.165, 1.54) is 4.90 Å². The van der Waals surface area contributed by atoms with Gasteiger partial charge in [0, 0.05) is 12.3 Å². The molecule has 1 atom stereocenters. The minimum absolute atomic E-state index is 0.279. The summed E-state index contributed by atoms with van der Waals surface area (Å²) in [4.78, 5) is 23.4. The van der Waals surface area contributed by atoms with E-state index in [1.54, 1.807) is 81.8 Å². The number of aromatic nitrogens is 2. The van der Waals surface area contributed by atoms with Crippen LogP contribution in [0.1, 0.15) is 20.8 Å². The first-order valence-corrected chi connectivity index (χ1v) is 10.4. The van der Waals surface area contributed by atoms with Crippen LogP contribution in [-0.2, 0) is 0 Å². The predicted molar refractivity (Wildman–Crippen MR) is 127 cm³/mol. The highest BCUT2D eigenvalue weighted by Gasteiger charge is 2.24. The van der Waals surface area contributed by atoms with Crippen LogP contribution in [-0.4, -0.2) is 39.9 Å². The number of nitrogens with zero attached hydrogens (tertiary/aromatic N) is 3. The van der Waals surface area contributed by atoms with E-state index in [0.717, 1.165) is 0 Å². The summed E-state index contributed by atoms with van der Waals surface area (Å²) >= 11 is 6.22. The number of aliphatic hydroxyl groups is 1. The fourth-order valence-corrected chi connectivity index (χ4v) is 2.92. The van der Waals surface area contributed by atoms with E-state index in [1.807, 2.05) is 6.92 Å². The average Bonchev–Trinajstić information content (AvgIpc) is 2.76. The Balaban J connectivity index is 1.98. The highest BCUT2D eigenvalue weighted by molar-refractivity contribution is 6.33. The lowest BCUT2D eigenvalue weighted by molar-refractivity contribution is 0.0646. The van der Waals surface area contributed by atoms with Crippen LogP contribution in [0.3, 0.4) is 0 Å². The molecule has 0 fully saturated rings. The number of urea groups is 1. The molecule has 9 heteroatoms. The second-order valence-electron chi connectivity index (χ2n) is 7.70. The summed E-state index contributed by atoms with van der Waals surface area (Å²) in [6, 6.07) is 14.8. The number of hydrogen-bond acceptors (Lipinski definition) is 6. The number of carbonyl (C=O) groups is 1. The van der Waals surface area contributed by atoms with Gasteiger partial charge in [0.25, 0.3) is 0 Å². The summed E-state index contributed by atoms with van der Waals surface area (Å²) in [5.41, 5.74) is 0.0486. The van der Waals surface area contributed by atoms with Crippen molar-refractivity contribution >= 4 is 40.8 Å². The molecule has 0 aliphatic rings. The van der Waals surface area contributed by atoms with Crippen LogP contribution in [0.4, 0.5) is 27.9 Å². The summed E-state index contributed by atoms with van der Waals surface area (Å²) in [5, 5.41) is 16.5. The lowest BCUT2D eigenvalue weighted by Gasteiger charge is -2.27. The van der Waals surface area contributed by atoms with Gasteiger partial charge in [0.2, 0.25) is 5.95 Å². The fraction of sp³-hybridized carbons (Fsp3) is 0.261. The third kappa shape index (κ3) is 5.66. The van der Waals surface area contributed by atoms with Gasteiger partial charge in [-0.3, -0.25) is 0 Å². The third-order valence-electron chi connectivity index (χ3n) is 4.92. The molecule has 2 aromatic carbocycles. The second kappa shape index (κ2) is 9.84. The number of benzene rings is 2. The van der Waals surface area contributed by atoms with E-state index in [-0.39, 0.29) is 12.0 Å². The van der Waals surface area contributed by atoms with E-state index in [2.05, 4.69) is 20.6 Å². The Morgan fingerprint density at radius 2 is 1.84 bits per heavy atom. The van der Waals surface area contributed by atoms with Gasteiger partial charge in [0.1, 0.15) is 11.6 Å². The fourth-order valence-electron chi connectivity index (χ4n) is 2.73. The number of carbonyl (C=O) groups excluding carboxylic acids is 1. The molecule has 8 nitrogen and oxygen atoms in total. The summed E-state index contributed by atoms with van der Waals surface area (Å²) in [6.45, 7) is 5.20. The first kappa shape index (κ1) is 23.3. The maximum atomic E-state index is 13.3. The number of anilines is 4. The van der Waals surface area contributed by atoms with Gasteiger partial charge in [-0.25, -0.2) is 14.7 Å². The van der Waals surface area contributed by atoms with E-state index < -0.39 is 11.6 Å². The SMILES string of the molecule is COc1ccc(N(C(=O)Nc2ccccc2Cl)c2ccnc(N[C@@H](C)C(C)(C)O)n2)cc1. The summed E-state index contributed by atoms with van der Waals surface area (Å²) < 4.78 is 5.23. The molecule has 3 aromatic rings. The molecule has 0 saturated carbocycles. The topological polar surface area (TPSA) is 99.6 Å². The molecule has 168 valence electrons. The molecule has 0 bridgehead atoms. The maximum absolute atomic E-state index is 13.3. The van der Waals surface area contributed by atoms with Gasteiger partial charge in [-0.2, -0.15) is 4.98 Å².